The van der Waals surface area contributed by atoms with Gasteiger partial charge in [0.25, 0.3) is 0 Å². The van der Waals surface area contributed by atoms with Crippen molar-refractivity contribution in [3.05, 3.63) is 108 Å². The van der Waals surface area contributed by atoms with E-state index in [2.05, 4.69) is 0 Å². The summed E-state index contributed by atoms with van der Waals surface area (Å²) in [7, 11) is 0. The van der Waals surface area contributed by atoms with E-state index in [1.165, 1.54) is 4.90 Å². The van der Waals surface area contributed by atoms with Crippen molar-refractivity contribution in [3.8, 4) is 0 Å². The number of hydrogen-bond donors (Lipinski definition) is 0. The molecule has 2 saturated heterocycles. The normalized spacial score (nSPS) is 23.3. The van der Waals surface area contributed by atoms with Crippen LogP contribution in [0.3, 0.4) is 0 Å². The van der Waals surface area contributed by atoms with Gasteiger partial charge in [-0.1, -0.05) is 91.0 Å². The second-order valence-corrected chi connectivity index (χ2v) is 7.98. The van der Waals surface area contributed by atoms with Gasteiger partial charge in [-0.3, -0.25) is 9.63 Å². The number of carbonyl (C=O) groups is 2. The number of benzene rings is 3. The zero-order chi connectivity index (χ0) is 21.9. The summed E-state index contributed by atoms with van der Waals surface area (Å²) in [5.41, 5.74) is 2.94. The third-order valence-electron chi connectivity index (χ3n) is 5.99. The Morgan fingerprint density at radius 1 is 0.844 bits per heavy atom. The van der Waals surface area contributed by atoms with Gasteiger partial charge in [0.2, 0.25) is 5.91 Å². The van der Waals surface area contributed by atoms with Crippen molar-refractivity contribution in [3.63, 3.8) is 0 Å². The molecular weight excluding hydrogens is 404 g/mol. The fourth-order valence-corrected chi connectivity index (χ4v) is 4.49. The standard InChI is InChI=1S/C26H24N2O4/c29-25(27-16-17-31-26(27)30)22-23(20-12-6-2-7-13-20)28(18-19-10-4-1-5-11-19)32-24(22)21-14-8-3-9-15-21/h1-15,22-24H,16-18H2/t22-,23+,24+/m1/s1. The lowest BCUT2D eigenvalue weighted by atomic mass is 9.85. The van der Waals surface area contributed by atoms with Crippen LogP contribution in [0.25, 0.3) is 0 Å². The molecule has 2 aliphatic rings. The quantitative estimate of drug-likeness (QED) is 0.598. The largest absolute Gasteiger partial charge is 0.447 e. The highest BCUT2D eigenvalue weighted by Gasteiger charge is 2.51. The Morgan fingerprint density at radius 3 is 2.03 bits per heavy atom. The molecule has 0 spiro atoms. The highest BCUT2D eigenvalue weighted by molar-refractivity contribution is 5.95. The van der Waals surface area contributed by atoms with Crippen molar-refractivity contribution in [2.24, 2.45) is 5.92 Å². The fourth-order valence-electron chi connectivity index (χ4n) is 4.49. The molecule has 2 heterocycles. The van der Waals surface area contributed by atoms with Crippen molar-refractivity contribution in [2.45, 2.75) is 18.7 Å². The molecule has 2 aliphatic heterocycles. The number of amides is 2. The van der Waals surface area contributed by atoms with Crippen LogP contribution in [0.15, 0.2) is 91.0 Å². The number of carbonyl (C=O) groups excluding carboxylic acids is 2. The van der Waals surface area contributed by atoms with Crippen molar-refractivity contribution >= 4 is 12.0 Å². The van der Waals surface area contributed by atoms with E-state index in [0.29, 0.717) is 6.54 Å². The number of rotatable bonds is 5. The molecule has 0 unspecified atom stereocenters. The minimum absolute atomic E-state index is 0.220. The number of imide groups is 1. The van der Waals surface area contributed by atoms with E-state index in [-0.39, 0.29) is 25.1 Å². The second-order valence-electron chi connectivity index (χ2n) is 7.98. The summed E-state index contributed by atoms with van der Waals surface area (Å²) in [5.74, 6) is -0.875. The van der Waals surface area contributed by atoms with Crippen molar-refractivity contribution in [1.82, 2.24) is 9.96 Å². The molecule has 0 aliphatic carbocycles. The van der Waals surface area contributed by atoms with Crippen LogP contribution < -0.4 is 0 Å². The van der Waals surface area contributed by atoms with E-state index in [1.54, 1.807) is 0 Å². The van der Waals surface area contributed by atoms with E-state index >= 15 is 0 Å². The molecule has 6 nitrogen and oxygen atoms in total. The van der Waals surface area contributed by atoms with Crippen LogP contribution in [-0.4, -0.2) is 35.1 Å². The summed E-state index contributed by atoms with van der Waals surface area (Å²) >= 11 is 0. The van der Waals surface area contributed by atoms with E-state index in [0.717, 1.165) is 16.7 Å². The fraction of sp³-hybridized carbons (Fsp3) is 0.231. The van der Waals surface area contributed by atoms with Crippen LogP contribution in [0.5, 0.6) is 0 Å². The second kappa shape index (κ2) is 8.94. The highest BCUT2D eigenvalue weighted by Crippen LogP contribution is 2.48. The summed E-state index contributed by atoms with van der Waals surface area (Å²) in [6.45, 7) is 0.992. The monoisotopic (exact) mass is 428 g/mol. The van der Waals surface area contributed by atoms with Crippen molar-refractivity contribution in [2.75, 3.05) is 13.2 Å². The van der Waals surface area contributed by atoms with E-state index in [1.807, 2.05) is 96.1 Å². The number of cyclic esters (lactones) is 1. The molecule has 0 N–H and O–H groups in total. The van der Waals surface area contributed by atoms with Gasteiger partial charge in [-0.2, -0.15) is 5.06 Å². The van der Waals surface area contributed by atoms with Crippen LogP contribution in [0.1, 0.15) is 28.8 Å². The first-order chi connectivity index (χ1) is 15.7. The summed E-state index contributed by atoms with van der Waals surface area (Å²) in [6.07, 6.45) is -1.11. The Bertz CT molecular complexity index is 1070. The third-order valence-corrected chi connectivity index (χ3v) is 5.99. The molecule has 162 valence electrons. The van der Waals surface area contributed by atoms with Gasteiger partial charge in [-0.15, -0.1) is 0 Å². The third kappa shape index (κ3) is 3.90. The molecule has 32 heavy (non-hydrogen) atoms. The molecule has 2 fully saturated rings. The summed E-state index contributed by atoms with van der Waals surface area (Å²) < 4.78 is 5.06. The van der Waals surface area contributed by atoms with Gasteiger partial charge in [0, 0.05) is 6.54 Å². The average molecular weight is 428 g/mol. The molecule has 0 saturated carbocycles. The van der Waals surface area contributed by atoms with Gasteiger partial charge in [0.15, 0.2) is 0 Å². The Morgan fingerprint density at radius 2 is 1.44 bits per heavy atom. The summed E-state index contributed by atoms with van der Waals surface area (Å²) in [5, 5.41) is 1.88. The molecule has 3 aromatic carbocycles. The van der Waals surface area contributed by atoms with E-state index in [4.69, 9.17) is 9.57 Å². The summed E-state index contributed by atoms with van der Waals surface area (Å²) in [4.78, 5) is 33.7. The molecule has 0 radical (unpaired) electrons. The van der Waals surface area contributed by atoms with Crippen LogP contribution in [-0.2, 0) is 20.9 Å². The maximum absolute atomic E-state index is 13.7. The van der Waals surface area contributed by atoms with Gasteiger partial charge >= 0.3 is 6.09 Å². The van der Waals surface area contributed by atoms with Gasteiger partial charge in [-0.05, 0) is 16.7 Å². The number of ether oxygens (including phenoxy) is 1. The smallest absolute Gasteiger partial charge is 0.416 e. The number of hydroxylamine groups is 2. The maximum Gasteiger partial charge on any atom is 0.416 e. The summed E-state index contributed by atoms with van der Waals surface area (Å²) in [6, 6.07) is 29.2. The highest BCUT2D eigenvalue weighted by atomic mass is 16.7. The molecule has 0 bridgehead atoms. The first-order valence-corrected chi connectivity index (χ1v) is 10.8. The van der Waals surface area contributed by atoms with Crippen LogP contribution in [0.2, 0.25) is 0 Å². The van der Waals surface area contributed by atoms with Gasteiger partial charge in [0.1, 0.15) is 12.7 Å². The molecule has 6 heteroatoms. The van der Waals surface area contributed by atoms with E-state index in [9.17, 15) is 9.59 Å². The zero-order valence-corrected chi connectivity index (χ0v) is 17.5. The van der Waals surface area contributed by atoms with Gasteiger partial charge in [-0.25, -0.2) is 9.69 Å². The topological polar surface area (TPSA) is 59.1 Å². The molecular formula is C26H24N2O4. The Balaban J connectivity index is 1.58. The lowest BCUT2D eigenvalue weighted by Crippen LogP contribution is -2.40. The molecule has 0 aromatic heterocycles. The van der Waals surface area contributed by atoms with Crippen molar-refractivity contribution in [1.29, 1.82) is 0 Å². The maximum atomic E-state index is 13.7. The van der Waals surface area contributed by atoms with Crippen LogP contribution >= 0.6 is 0 Å². The Kier molecular flexibility index (Phi) is 5.71. The number of nitrogens with zero attached hydrogens (tertiary/aromatic N) is 2. The SMILES string of the molecule is O=C1OCCN1C(=O)[C@H]1[C@H](c2ccccc2)ON(Cc2ccccc2)[C@H]1c1ccccc1. The minimum Gasteiger partial charge on any atom is -0.447 e. The van der Waals surface area contributed by atoms with Gasteiger partial charge in [0.05, 0.1) is 18.5 Å². The first kappa shape index (κ1) is 20.4. The van der Waals surface area contributed by atoms with Gasteiger partial charge < -0.3 is 4.74 Å². The van der Waals surface area contributed by atoms with Crippen LogP contribution in [0, 0.1) is 5.92 Å². The Hall–Kier alpha value is -3.48. The predicted octanol–water partition coefficient (Wildman–Crippen LogP) is 4.51. The number of hydrogen-bond acceptors (Lipinski definition) is 5. The van der Waals surface area contributed by atoms with Crippen molar-refractivity contribution < 1.29 is 19.2 Å². The van der Waals surface area contributed by atoms with E-state index < -0.39 is 18.1 Å². The lowest BCUT2D eigenvalue weighted by molar-refractivity contribution is -0.173. The lowest BCUT2D eigenvalue weighted by Gasteiger charge is -2.27. The molecule has 2 amide bonds. The average Bonchev–Trinajstić information content (AvgIpc) is 3.44. The zero-order valence-electron chi connectivity index (χ0n) is 17.5. The molecule has 3 aromatic rings. The minimum atomic E-state index is -0.603. The molecule has 3 atom stereocenters. The van der Waals surface area contributed by atoms with Crippen LogP contribution in [0.4, 0.5) is 4.79 Å². The molecule has 5 rings (SSSR count). The first-order valence-electron chi connectivity index (χ1n) is 10.8. The predicted molar refractivity (Wildman–Crippen MR) is 118 cm³/mol. The Labute approximate surface area is 186 Å².